The van der Waals surface area contributed by atoms with Crippen LogP contribution in [-0.4, -0.2) is 46.4 Å². The molecule has 0 spiro atoms. The number of halogens is 2. The van der Waals surface area contributed by atoms with E-state index in [9.17, 15) is 13.6 Å². The zero-order valence-electron chi connectivity index (χ0n) is 20.3. The molecule has 4 nitrogen and oxygen atoms in total. The van der Waals surface area contributed by atoms with Gasteiger partial charge >= 0.3 is 0 Å². The SMILES string of the molecule is C[C@@H]1CC(C(=O)[C@@H]2CN(C(C)(C)C)C[C@H]2c2ccc(F)cc2F)C[C@H](C)N1c1ccccn1. The van der Waals surface area contributed by atoms with Gasteiger partial charge in [0.2, 0.25) is 0 Å². The molecule has 6 heteroatoms. The van der Waals surface area contributed by atoms with Gasteiger partial charge in [-0.05, 0) is 71.2 Å². The average Bonchev–Trinajstić information content (AvgIpc) is 3.19. The molecule has 4 rings (SSSR count). The number of carbonyl (C=O) groups excluding carboxylic acids is 1. The largest absolute Gasteiger partial charge is 0.351 e. The van der Waals surface area contributed by atoms with Crippen molar-refractivity contribution in [2.45, 2.75) is 71.0 Å². The van der Waals surface area contributed by atoms with E-state index < -0.39 is 11.6 Å². The number of likely N-dealkylation sites (tertiary alicyclic amines) is 1. The number of Topliss-reactive ketones (excluding diaryl/α,β-unsaturated/α-hetero) is 1. The van der Waals surface area contributed by atoms with Crippen LogP contribution in [0.3, 0.4) is 0 Å². The van der Waals surface area contributed by atoms with E-state index in [0.717, 1.165) is 24.7 Å². The molecule has 0 radical (unpaired) electrons. The monoisotopic (exact) mass is 455 g/mol. The molecule has 178 valence electrons. The van der Waals surface area contributed by atoms with Crippen LogP contribution in [0, 0.1) is 23.5 Å². The smallest absolute Gasteiger partial charge is 0.141 e. The second-order valence-corrected chi connectivity index (χ2v) is 10.8. The maximum Gasteiger partial charge on any atom is 0.141 e. The molecule has 0 N–H and O–H groups in total. The molecule has 0 amide bonds. The second-order valence-electron chi connectivity index (χ2n) is 10.8. The molecule has 0 aliphatic carbocycles. The van der Waals surface area contributed by atoms with Crippen LogP contribution in [-0.2, 0) is 4.79 Å². The first-order valence-electron chi connectivity index (χ1n) is 12.0. The van der Waals surface area contributed by atoms with E-state index in [-0.39, 0.29) is 41.2 Å². The van der Waals surface area contributed by atoms with E-state index in [2.05, 4.69) is 49.4 Å². The Kier molecular flexibility index (Phi) is 6.59. The van der Waals surface area contributed by atoms with E-state index >= 15 is 0 Å². The lowest BCUT2D eigenvalue weighted by Gasteiger charge is -2.43. The molecule has 2 aliphatic heterocycles. The van der Waals surface area contributed by atoms with Gasteiger partial charge in [-0.3, -0.25) is 9.69 Å². The number of aromatic nitrogens is 1. The van der Waals surface area contributed by atoms with Crippen molar-refractivity contribution in [1.29, 1.82) is 0 Å². The first kappa shape index (κ1) is 23.8. The van der Waals surface area contributed by atoms with Gasteiger partial charge in [0, 0.05) is 60.7 Å². The molecule has 0 bridgehead atoms. The van der Waals surface area contributed by atoms with Crippen molar-refractivity contribution in [3.63, 3.8) is 0 Å². The van der Waals surface area contributed by atoms with Gasteiger partial charge in [0.1, 0.15) is 23.2 Å². The molecule has 2 aliphatic rings. The minimum atomic E-state index is -0.589. The normalized spacial score (nSPS) is 28.8. The van der Waals surface area contributed by atoms with Crippen LogP contribution in [0.5, 0.6) is 0 Å². The fourth-order valence-electron chi connectivity index (χ4n) is 5.83. The highest BCUT2D eigenvalue weighted by Gasteiger charge is 2.46. The van der Waals surface area contributed by atoms with E-state index in [1.807, 2.05) is 18.2 Å². The number of rotatable bonds is 4. The summed E-state index contributed by atoms with van der Waals surface area (Å²) in [6.07, 6.45) is 3.31. The number of nitrogens with zero attached hydrogens (tertiary/aromatic N) is 3. The van der Waals surface area contributed by atoms with Crippen molar-refractivity contribution in [2.75, 3.05) is 18.0 Å². The summed E-state index contributed by atoms with van der Waals surface area (Å²) in [5.74, 6) is -0.628. The Balaban J connectivity index is 1.58. The Morgan fingerprint density at radius 2 is 1.73 bits per heavy atom. The number of hydrogen-bond donors (Lipinski definition) is 0. The van der Waals surface area contributed by atoms with Crippen molar-refractivity contribution < 1.29 is 13.6 Å². The Morgan fingerprint density at radius 1 is 1.03 bits per heavy atom. The Bertz CT molecular complexity index is 979. The fourth-order valence-corrected chi connectivity index (χ4v) is 5.83. The molecule has 0 saturated carbocycles. The molecular formula is C27H35F2N3O. The van der Waals surface area contributed by atoms with Gasteiger partial charge in [0.25, 0.3) is 0 Å². The summed E-state index contributed by atoms with van der Waals surface area (Å²) in [4.78, 5) is 23.0. The summed E-state index contributed by atoms with van der Waals surface area (Å²) in [7, 11) is 0. The molecular weight excluding hydrogens is 420 g/mol. The molecule has 1 aromatic heterocycles. The van der Waals surface area contributed by atoms with Gasteiger partial charge in [-0.15, -0.1) is 0 Å². The first-order valence-corrected chi connectivity index (χ1v) is 12.0. The van der Waals surface area contributed by atoms with Crippen LogP contribution in [0.25, 0.3) is 0 Å². The lowest BCUT2D eigenvalue weighted by atomic mass is 9.76. The molecule has 3 heterocycles. The third-order valence-corrected chi connectivity index (χ3v) is 7.51. The highest BCUT2D eigenvalue weighted by Crippen LogP contribution is 2.41. The predicted molar refractivity (Wildman–Crippen MR) is 127 cm³/mol. The Hall–Kier alpha value is -2.34. The molecule has 33 heavy (non-hydrogen) atoms. The van der Waals surface area contributed by atoms with Crippen molar-refractivity contribution in [1.82, 2.24) is 9.88 Å². The van der Waals surface area contributed by atoms with Crippen LogP contribution < -0.4 is 4.90 Å². The first-order chi connectivity index (χ1) is 15.6. The highest BCUT2D eigenvalue weighted by atomic mass is 19.1. The highest BCUT2D eigenvalue weighted by molar-refractivity contribution is 5.85. The minimum Gasteiger partial charge on any atom is -0.351 e. The summed E-state index contributed by atoms with van der Waals surface area (Å²) in [5.41, 5.74) is 0.320. The van der Waals surface area contributed by atoms with Gasteiger partial charge in [-0.1, -0.05) is 12.1 Å². The standard InChI is InChI=1S/C27H35F2N3O/c1-17-12-19(13-18(2)32(17)25-8-6-7-11-30-25)26(33)23-16-31(27(3,4)5)15-22(23)21-10-9-20(28)14-24(21)29/h6-11,14,17-19,22-23H,12-13,15-16H2,1-5H3/t17-,18+,19?,22-,23+/m0/s1. The summed E-state index contributed by atoms with van der Waals surface area (Å²) in [6.45, 7) is 11.9. The fraction of sp³-hybridized carbons (Fsp3) is 0.556. The van der Waals surface area contributed by atoms with Gasteiger partial charge in [0.15, 0.2) is 0 Å². The molecule has 5 atom stereocenters. The molecule has 2 saturated heterocycles. The number of ketones is 1. The van der Waals surface area contributed by atoms with Crippen LogP contribution in [0.1, 0.15) is 58.9 Å². The third kappa shape index (κ3) is 4.81. The summed E-state index contributed by atoms with van der Waals surface area (Å²) in [5, 5.41) is 0. The molecule has 2 aromatic rings. The second kappa shape index (κ2) is 9.13. The average molecular weight is 456 g/mol. The van der Waals surface area contributed by atoms with Gasteiger partial charge in [-0.25, -0.2) is 13.8 Å². The zero-order valence-corrected chi connectivity index (χ0v) is 20.3. The third-order valence-electron chi connectivity index (χ3n) is 7.51. The molecule has 1 unspecified atom stereocenters. The van der Waals surface area contributed by atoms with E-state index in [4.69, 9.17) is 0 Å². The Morgan fingerprint density at radius 3 is 2.30 bits per heavy atom. The van der Waals surface area contributed by atoms with Crippen molar-refractivity contribution >= 4 is 11.6 Å². The van der Waals surface area contributed by atoms with E-state index in [1.54, 1.807) is 6.20 Å². The number of piperidine rings is 1. The Labute approximate surface area is 196 Å². The lowest BCUT2D eigenvalue weighted by Crippen LogP contribution is -2.50. The number of benzene rings is 1. The van der Waals surface area contributed by atoms with Crippen molar-refractivity contribution in [3.05, 3.63) is 59.8 Å². The van der Waals surface area contributed by atoms with Crippen LogP contribution in [0.2, 0.25) is 0 Å². The van der Waals surface area contributed by atoms with Gasteiger partial charge in [0.05, 0.1) is 0 Å². The number of anilines is 1. The van der Waals surface area contributed by atoms with Crippen LogP contribution >= 0.6 is 0 Å². The molecule has 1 aromatic carbocycles. The number of hydrogen-bond acceptors (Lipinski definition) is 4. The number of pyridine rings is 1. The van der Waals surface area contributed by atoms with E-state index in [0.29, 0.717) is 18.7 Å². The summed E-state index contributed by atoms with van der Waals surface area (Å²) < 4.78 is 28.4. The predicted octanol–water partition coefficient (Wildman–Crippen LogP) is 5.44. The van der Waals surface area contributed by atoms with Gasteiger partial charge < -0.3 is 4.90 Å². The topological polar surface area (TPSA) is 36.4 Å². The van der Waals surface area contributed by atoms with E-state index in [1.165, 1.54) is 12.1 Å². The summed E-state index contributed by atoms with van der Waals surface area (Å²) in [6, 6.07) is 10.0. The zero-order chi connectivity index (χ0) is 23.9. The number of carbonyl (C=O) groups is 1. The minimum absolute atomic E-state index is 0.0779. The van der Waals surface area contributed by atoms with Crippen molar-refractivity contribution in [2.24, 2.45) is 11.8 Å². The quantitative estimate of drug-likeness (QED) is 0.615. The summed E-state index contributed by atoms with van der Waals surface area (Å²) >= 11 is 0. The van der Waals surface area contributed by atoms with Crippen LogP contribution in [0.15, 0.2) is 42.6 Å². The lowest BCUT2D eigenvalue weighted by molar-refractivity contribution is -0.128. The molecule has 2 fully saturated rings. The van der Waals surface area contributed by atoms with Crippen molar-refractivity contribution in [3.8, 4) is 0 Å². The van der Waals surface area contributed by atoms with Crippen LogP contribution in [0.4, 0.5) is 14.6 Å². The van der Waals surface area contributed by atoms with Gasteiger partial charge in [-0.2, -0.15) is 0 Å². The maximum atomic E-state index is 14.8. The maximum absolute atomic E-state index is 14.8.